The van der Waals surface area contributed by atoms with Gasteiger partial charge in [-0.05, 0) is 43.9 Å². The number of esters is 1. The molecule has 2 N–H and O–H groups in total. The van der Waals surface area contributed by atoms with E-state index in [9.17, 15) is 14.7 Å². The molecule has 0 bridgehead atoms. The maximum Gasteiger partial charge on any atom is 0.307 e. The summed E-state index contributed by atoms with van der Waals surface area (Å²) in [5, 5.41) is 13.1. The van der Waals surface area contributed by atoms with E-state index < -0.39 is 29.1 Å². The Bertz CT molecular complexity index is 867. The van der Waals surface area contributed by atoms with Gasteiger partial charge in [-0.1, -0.05) is 42.5 Å². The third-order valence-corrected chi connectivity index (χ3v) is 5.54. The Labute approximate surface area is 178 Å². The van der Waals surface area contributed by atoms with Gasteiger partial charge in [0.05, 0.1) is 25.0 Å². The summed E-state index contributed by atoms with van der Waals surface area (Å²) < 4.78 is 11.0. The zero-order chi connectivity index (χ0) is 21.9. The second-order valence-electron chi connectivity index (χ2n) is 8.98. The molecule has 6 nitrogen and oxygen atoms in total. The molecule has 0 aliphatic heterocycles. The Morgan fingerprint density at radius 2 is 2.00 bits per heavy atom. The van der Waals surface area contributed by atoms with Gasteiger partial charge in [-0.15, -0.1) is 0 Å². The van der Waals surface area contributed by atoms with Crippen LogP contribution in [-0.4, -0.2) is 42.4 Å². The number of aliphatic carboxylic acids is 1. The molecule has 0 radical (unpaired) electrons. The third kappa shape index (κ3) is 4.65. The van der Waals surface area contributed by atoms with Crippen molar-refractivity contribution in [3.05, 3.63) is 59.2 Å². The summed E-state index contributed by atoms with van der Waals surface area (Å²) in [6.45, 7) is 5.95. The van der Waals surface area contributed by atoms with Crippen LogP contribution in [0, 0.1) is 0 Å². The highest BCUT2D eigenvalue weighted by Crippen LogP contribution is 2.52. The first-order chi connectivity index (χ1) is 14.2. The molecule has 0 aromatic heterocycles. The van der Waals surface area contributed by atoms with Crippen LogP contribution >= 0.6 is 0 Å². The Balaban J connectivity index is 1.95. The second kappa shape index (κ2) is 8.74. The maximum atomic E-state index is 12.5. The summed E-state index contributed by atoms with van der Waals surface area (Å²) in [6, 6.07) is 7.61. The molecule has 162 valence electrons. The minimum Gasteiger partial charge on any atom is -0.481 e. The van der Waals surface area contributed by atoms with Crippen molar-refractivity contribution in [2.75, 3.05) is 13.7 Å². The number of methoxy groups -OCH3 is 1. The number of ether oxygens (including phenoxy) is 2. The highest BCUT2D eigenvalue weighted by molar-refractivity contribution is 5.73. The van der Waals surface area contributed by atoms with Crippen LogP contribution in [0.1, 0.15) is 57.1 Å². The van der Waals surface area contributed by atoms with Crippen LogP contribution in [-0.2, 0) is 24.6 Å². The van der Waals surface area contributed by atoms with Crippen molar-refractivity contribution >= 4 is 11.9 Å². The van der Waals surface area contributed by atoms with E-state index in [1.807, 2.05) is 18.2 Å². The summed E-state index contributed by atoms with van der Waals surface area (Å²) >= 11 is 0. The van der Waals surface area contributed by atoms with Crippen LogP contribution in [0.3, 0.4) is 0 Å². The van der Waals surface area contributed by atoms with Crippen molar-refractivity contribution in [2.45, 2.75) is 63.1 Å². The topological polar surface area (TPSA) is 84.9 Å². The van der Waals surface area contributed by atoms with Gasteiger partial charge < -0.3 is 14.6 Å². The smallest absolute Gasteiger partial charge is 0.307 e. The average molecular weight is 414 g/mol. The second-order valence-corrected chi connectivity index (χ2v) is 8.98. The van der Waals surface area contributed by atoms with E-state index in [1.54, 1.807) is 27.9 Å². The lowest BCUT2D eigenvalue weighted by Crippen LogP contribution is -2.50. The van der Waals surface area contributed by atoms with E-state index in [2.05, 4.69) is 29.6 Å². The lowest BCUT2D eigenvalue weighted by Gasteiger charge is -2.38. The number of benzene rings is 1. The molecule has 3 rings (SSSR count). The van der Waals surface area contributed by atoms with Gasteiger partial charge in [0, 0.05) is 19.1 Å². The number of hydrogen-bond donors (Lipinski definition) is 2. The molecule has 2 aliphatic carbocycles. The van der Waals surface area contributed by atoms with Crippen LogP contribution < -0.4 is 5.32 Å². The fourth-order valence-corrected chi connectivity index (χ4v) is 4.60. The van der Waals surface area contributed by atoms with Crippen molar-refractivity contribution in [2.24, 2.45) is 0 Å². The molecule has 0 heterocycles. The molecule has 0 saturated carbocycles. The van der Waals surface area contributed by atoms with Crippen molar-refractivity contribution in [3.8, 4) is 0 Å². The van der Waals surface area contributed by atoms with Crippen LogP contribution in [0.25, 0.3) is 0 Å². The SMILES string of the molecule is COCC1C2=CC=CCC2(N[C@H](CC(=O)O)CC(=O)OC(C)(C)C)c2ccccc21. The summed E-state index contributed by atoms with van der Waals surface area (Å²) in [5.74, 6) is -1.28. The molecule has 0 amide bonds. The highest BCUT2D eigenvalue weighted by atomic mass is 16.6. The van der Waals surface area contributed by atoms with Gasteiger partial charge in [-0.3, -0.25) is 14.9 Å². The van der Waals surface area contributed by atoms with Crippen molar-refractivity contribution in [3.63, 3.8) is 0 Å². The summed E-state index contributed by atoms with van der Waals surface area (Å²) in [6.07, 6.45) is 6.69. The van der Waals surface area contributed by atoms with Gasteiger partial charge in [0.25, 0.3) is 0 Å². The van der Waals surface area contributed by atoms with E-state index in [-0.39, 0.29) is 18.8 Å². The first-order valence-electron chi connectivity index (χ1n) is 10.3. The summed E-state index contributed by atoms with van der Waals surface area (Å²) in [4.78, 5) is 24.1. The molecule has 1 aromatic carbocycles. The van der Waals surface area contributed by atoms with Gasteiger partial charge in [0.2, 0.25) is 0 Å². The predicted octanol–water partition coefficient (Wildman–Crippen LogP) is 3.68. The summed E-state index contributed by atoms with van der Waals surface area (Å²) in [5.41, 5.74) is 2.25. The molecular weight excluding hydrogens is 382 g/mol. The normalized spacial score (nSPS) is 23.3. The zero-order valence-electron chi connectivity index (χ0n) is 18.1. The van der Waals surface area contributed by atoms with Crippen molar-refractivity contribution < 1.29 is 24.2 Å². The average Bonchev–Trinajstić information content (AvgIpc) is 2.90. The first kappa shape index (κ1) is 22.2. The minimum absolute atomic E-state index is 0.0145. The van der Waals surface area contributed by atoms with Gasteiger partial charge in [0.15, 0.2) is 0 Å². The molecule has 2 aliphatic rings. The number of carboxylic acid groups (broad SMARTS) is 1. The van der Waals surface area contributed by atoms with Crippen LogP contribution in [0.2, 0.25) is 0 Å². The number of carboxylic acids is 1. The molecule has 1 aromatic rings. The largest absolute Gasteiger partial charge is 0.481 e. The van der Waals surface area contributed by atoms with Gasteiger partial charge in [-0.25, -0.2) is 0 Å². The first-order valence-corrected chi connectivity index (χ1v) is 10.3. The Morgan fingerprint density at radius 1 is 1.27 bits per heavy atom. The van der Waals surface area contributed by atoms with Gasteiger partial charge in [0.1, 0.15) is 5.60 Å². The fraction of sp³-hybridized carbons (Fsp3) is 0.500. The van der Waals surface area contributed by atoms with Crippen LogP contribution in [0.15, 0.2) is 48.1 Å². The Morgan fingerprint density at radius 3 is 2.67 bits per heavy atom. The lowest BCUT2D eigenvalue weighted by molar-refractivity contribution is -0.155. The van der Waals surface area contributed by atoms with Crippen LogP contribution in [0.5, 0.6) is 0 Å². The van der Waals surface area contributed by atoms with Crippen LogP contribution in [0.4, 0.5) is 0 Å². The number of nitrogens with one attached hydrogen (secondary N) is 1. The number of carbonyl (C=O) groups is 2. The monoisotopic (exact) mass is 413 g/mol. The minimum atomic E-state index is -0.955. The highest BCUT2D eigenvalue weighted by Gasteiger charge is 2.49. The van der Waals surface area contributed by atoms with Gasteiger partial charge in [-0.2, -0.15) is 0 Å². The number of fused-ring (bicyclic) bond motifs is 3. The maximum absolute atomic E-state index is 12.5. The molecule has 6 heteroatoms. The molecule has 0 saturated heterocycles. The van der Waals surface area contributed by atoms with E-state index in [1.165, 1.54) is 5.56 Å². The molecular formula is C24H31NO5. The van der Waals surface area contributed by atoms with E-state index in [4.69, 9.17) is 9.47 Å². The van der Waals surface area contributed by atoms with Crippen molar-refractivity contribution in [1.82, 2.24) is 5.32 Å². The third-order valence-electron chi connectivity index (χ3n) is 5.54. The quantitative estimate of drug-likeness (QED) is 0.633. The molecule has 0 spiro atoms. The zero-order valence-corrected chi connectivity index (χ0v) is 18.1. The number of hydrogen-bond acceptors (Lipinski definition) is 5. The molecule has 0 fully saturated rings. The molecule has 30 heavy (non-hydrogen) atoms. The van der Waals surface area contributed by atoms with E-state index >= 15 is 0 Å². The fourth-order valence-electron chi connectivity index (χ4n) is 4.60. The number of allylic oxidation sites excluding steroid dienone is 2. The molecule has 3 atom stereocenters. The number of rotatable bonds is 8. The molecule has 2 unspecified atom stereocenters. The number of carbonyl (C=O) groups excluding carboxylic acids is 1. The Kier molecular flexibility index (Phi) is 6.48. The standard InChI is InChI=1S/C24H31NO5/c1-23(2,3)30-22(28)14-16(13-21(26)27)25-24-12-8-7-11-20(24)18(15-29-4)17-9-5-6-10-19(17)24/h5-11,16,18,25H,12-15H2,1-4H3,(H,26,27)/t16-,18?,24?/m1/s1. The predicted molar refractivity (Wildman–Crippen MR) is 114 cm³/mol. The van der Waals surface area contributed by atoms with E-state index in [0.29, 0.717) is 13.0 Å². The Hall–Kier alpha value is -2.44. The van der Waals surface area contributed by atoms with Gasteiger partial charge >= 0.3 is 11.9 Å². The lowest BCUT2D eigenvalue weighted by atomic mass is 9.79. The summed E-state index contributed by atoms with van der Waals surface area (Å²) in [7, 11) is 1.69. The van der Waals surface area contributed by atoms with Crippen molar-refractivity contribution in [1.29, 1.82) is 0 Å². The van der Waals surface area contributed by atoms with E-state index in [0.717, 1.165) is 11.1 Å².